The molecule has 1 saturated heterocycles. The van der Waals surface area contributed by atoms with Gasteiger partial charge in [-0.15, -0.1) is 0 Å². The van der Waals surface area contributed by atoms with Gasteiger partial charge in [0, 0.05) is 47.8 Å². The molecule has 1 aliphatic heterocycles. The van der Waals surface area contributed by atoms with Gasteiger partial charge in [-0.25, -0.2) is 18.0 Å². The van der Waals surface area contributed by atoms with E-state index in [0.29, 0.717) is 37.7 Å². The first-order chi connectivity index (χ1) is 14.5. The number of carboxylic acid groups (broad SMARTS) is 2. The fourth-order valence-electron chi connectivity index (χ4n) is 2.81. The number of aliphatic carboxylic acids is 2. The minimum absolute atomic E-state index is 0.249. The molecule has 2 aromatic rings. The molecule has 3 rings (SSSR count). The molecule has 9 nitrogen and oxygen atoms in total. The van der Waals surface area contributed by atoms with Crippen molar-refractivity contribution in [2.75, 3.05) is 26.2 Å². The van der Waals surface area contributed by atoms with Crippen molar-refractivity contribution in [3.05, 3.63) is 57.5 Å². The minimum Gasteiger partial charge on any atom is -0.508 e. The lowest BCUT2D eigenvalue weighted by Gasteiger charge is -2.34. The predicted molar refractivity (Wildman–Crippen MR) is 117 cm³/mol. The number of phenolic OH excluding ortho intramolecular Hbond substituents is 1. The Kier molecular flexibility index (Phi) is 8.83. The Morgan fingerprint density at radius 3 is 2.03 bits per heavy atom. The minimum atomic E-state index is -3.50. The molecular formula is C19H20BrClN2O7S. The normalized spacial score (nSPS) is 15.0. The van der Waals surface area contributed by atoms with Gasteiger partial charge < -0.3 is 15.3 Å². The van der Waals surface area contributed by atoms with Crippen molar-refractivity contribution in [1.29, 1.82) is 0 Å². The first kappa shape index (κ1) is 25.1. The quantitative estimate of drug-likeness (QED) is 0.508. The average molecular weight is 536 g/mol. The van der Waals surface area contributed by atoms with Crippen LogP contribution >= 0.6 is 27.5 Å². The molecule has 1 aliphatic rings. The molecule has 31 heavy (non-hydrogen) atoms. The zero-order valence-corrected chi connectivity index (χ0v) is 19.3. The molecule has 2 aromatic carbocycles. The molecule has 1 heterocycles. The maximum absolute atomic E-state index is 12.7. The molecule has 0 bridgehead atoms. The monoisotopic (exact) mass is 534 g/mol. The van der Waals surface area contributed by atoms with E-state index in [2.05, 4.69) is 20.8 Å². The number of nitrogens with zero attached hydrogens (tertiary/aromatic N) is 2. The molecule has 0 aromatic heterocycles. The molecule has 0 radical (unpaired) electrons. The van der Waals surface area contributed by atoms with Crippen molar-refractivity contribution in [2.45, 2.75) is 11.4 Å². The smallest absolute Gasteiger partial charge is 0.414 e. The highest BCUT2D eigenvalue weighted by Crippen LogP contribution is 2.25. The number of rotatable bonds is 4. The second kappa shape index (κ2) is 10.9. The van der Waals surface area contributed by atoms with E-state index >= 15 is 0 Å². The lowest BCUT2D eigenvalue weighted by Crippen LogP contribution is -2.48. The van der Waals surface area contributed by atoms with E-state index in [9.17, 15) is 13.5 Å². The summed E-state index contributed by atoms with van der Waals surface area (Å²) in [4.78, 5) is 20.6. The summed E-state index contributed by atoms with van der Waals surface area (Å²) in [5, 5.41) is 25.2. The Labute approximate surface area is 192 Å². The van der Waals surface area contributed by atoms with Gasteiger partial charge in [0.15, 0.2) is 0 Å². The van der Waals surface area contributed by atoms with Crippen LogP contribution in [0, 0.1) is 0 Å². The highest BCUT2D eigenvalue weighted by atomic mass is 79.9. The first-order valence-electron chi connectivity index (χ1n) is 8.92. The largest absolute Gasteiger partial charge is 0.508 e. The summed E-state index contributed by atoms with van der Waals surface area (Å²) in [5.74, 6) is -3.40. The summed E-state index contributed by atoms with van der Waals surface area (Å²) >= 11 is 9.23. The lowest BCUT2D eigenvalue weighted by molar-refractivity contribution is -0.159. The molecule has 0 aliphatic carbocycles. The molecule has 0 saturated carbocycles. The maximum atomic E-state index is 12.7. The topological polar surface area (TPSA) is 135 Å². The highest BCUT2D eigenvalue weighted by Gasteiger charge is 2.28. The second-order valence-corrected chi connectivity index (χ2v) is 9.81. The van der Waals surface area contributed by atoms with Gasteiger partial charge in [0.1, 0.15) is 5.75 Å². The SMILES string of the molecule is O=C(O)C(=O)O.O=S(=O)(c1ccc(Cl)cc1)N1CCN(Cc2cc(Br)ccc2O)CC1. The first-order valence-corrected chi connectivity index (χ1v) is 11.5. The fourth-order valence-corrected chi connectivity index (χ4v) is 4.76. The summed E-state index contributed by atoms with van der Waals surface area (Å²) in [6.07, 6.45) is 0. The van der Waals surface area contributed by atoms with Crippen LogP contribution in [0.15, 0.2) is 51.8 Å². The molecule has 0 unspecified atom stereocenters. The fraction of sp³-hybridized carbons (Fsp3) is 0.263. The molecule has 0 amide bonds. The summed E-state index contributed by atoms with van der Waals surface area (Å²) < 4.78 is 27.8. The van der Waals surface area contributed by atoms with Gasteiger partial charge >= 0.3 is 11.9 Å². The molecule has 0 atom stereocenters. The molecule has 1 fully saturated rings. The summed E-state index contributed by atoms with van der Waals surface area (Å²) in [5.41, 5.74) is 0.823. The molecular weight excluding hydrogens is 516 g/mol. The number of carbonyl (C=O) groups is 2. The maximum Gasteiger partial charge on any atom is 0.414 e. The predicted octanol–water partition coefficient (Wildman–Crippen LogP) is 2.47. The summed E-state index contributed by atoms with van der Waals surface area (Å²) in [7, 11) is -3.50. The van der Waals surface area contributed by atoms with Crippen molar-refractivity contribution < 1.29 is 33.3 Å². The van der Waals surface area contributed by atoms with Crippen LogP contribution in [0.5, 0.6) is 5.75 Å². The van der Waals surface area contributed by atoms with Crippen LogP contribution in [-0.2, 0) is 26.2 Å². The van der Waals surface area contributed by atoms with E-state index in [-0.39, 0.29) is 10.6 Å². The number of halogens is 2. The van der Waals surface area contributed by atoms with E-state index in [1.807, 2.05) is 6.07 Å². The third-order valence-electron chi connectivity index (χ3n) is 4.40. The number of aromatic hydroxyl groups is 1. The van der Waals surface area contributed by atoms with Crippen molar-refractivity contribution in [3.8, 4) is 5.75 Å². The van der Waals surface area contributed by atoms with Crippen LogP contribution in [-0.4, -0.2) is 71.1 Å². The van der Waals surface area contributed by atoms with Crippen molar-refractivity contribution in [2.24, 2.45) is 0 Å². The summed E-state index contributed by atoms with van der Waals surface area (Å²) in [6.45, 7) is 2.64. The van der Waals surface area contributed by atoms with Gasteiger partial charge in [0.05, 0.1) is 4.90 Å². The Balaban J connectivity index is 0.000000501. The number of piperazine rings is 1. The van der Waals surface area contributed by atoms with Crippen LogP contribution in [0.3, 0.4) is 0 Å². The van der Waals surface area contributed by atoms with Gasteiger partial charge in [-0.3, -0.25) is 4.90 Å². The van der Waals surface area contributed by atoms with Gasteiger partial charge in [0.25, 0.3) is 0 Å². The van der Waals surface area contributed by atoms with Crippen LogP contribution in [0.2, 0.25) is 5.02 Å². The molecule has 12 heteroatoms. The van der Waals surface area contributed by atoms with Crippen molar-refractivity contribution >= 4 is 49.5 Å². The van der Waals surface area contributed by atoms with Crippen molar-refractivity contribution in [1.82, 2.24) is 9.21 Å². The highest BCUT2D eigenvalue weighted by molar-refractivity contribution is 9.10. The Bertz CT molecular complexity index is 1030. The van der Waals surface area contributed by atoms with E-state index in [1.54, 1.807) is 24.3 Å². The summed E-state index contributed by atoms with van der Waals surface area (Å²) in [6, 6.07) is 11.6. The Hall–Kier alpha value is -2.18. The van der Waals surface area contributed by atoms with Gasteiger partial charge in [-0.1, -0.05) is 27.5 Å². The number of phenols is 1. The third kappa shape index (κ3) is 7.18. The van der Waals surface area contributed by atoms with E-state index in [1.165, 1.54) is 16.4 Å². The van der Waals surface area contributed by atoms with Gasteiger partial charge in [-0.05, 0) is 42.5 Å². The number of carboxylic acids is 2. The standard InChI is InChI=1S/C17H18BrClN2O3S.C2H2O4/c18-14-1-6-17(22)13(11-14)12-20-7-9-21(10-8-20)25(23,24)16-4-2-15(19)3-5-16;3-1(4)2(5)6/h1-6,11,22H,7-10,12H2;(H,3,4)(H,5,6). The zero-order chi connectivity index (χ0) is 23.2. The van der Waals surface area contributed by atoms with Crippen LogP contribution in [0.1, 0.15) is 5.56 Å². The van der Waals surface area contributed by atoms with Crippen LogP contribution in [0.25, 0.3) is 0 Å². The Morgan fingerprint density at radius 2 is 1.52 bits per heavy atom. The van der Waals surface area contributed by atoms with E-state index in [4.69, 9.17) is 31.4 Å². The second-order valence-electron chi connectivity index (χ2n) is 6.52. The van der Waals surface area contributed by atoms with Crippen LogP contribution in [0.4, 0.5) is 0 Å². The van der Waals surface area contributed by atoms with E-state index < -0.39 is 22.0 Å². The average Bonchev–Trinajstić information content (AvgIpc) is 2.72. The van der Waals surface area contributed by atoms with E-state index in [0.717, 1.165) is 10.0 Å². The molecule has 168 valence electrons. The number of sulfonamides is 1. The van der Waals surface area contributed by atoms with Gasteiger partial charge in [-0.2, -0.15) is 4.31 Å². The number of hydrogen-bond donors (Lipinski definition) is 3. The molecule has 3 N–H and O–H groups in total. The van der Waals surface area contributed by atoms with Crippen molar-refractivity contribution in [3.63, 3.8) is 0 Å². The van der Waals surface area contributed by atoms with Gasteiger partial charge in [0.2, 0.25) is 10.0 Å². The zero-order valence-electron chi connectivity index (χ0n) is 16.1. The Morgan fingerprint density at radius 1 is 0.968 bits per heavy atom. The number of benzene rings is 2. The lowest BCUT2D eigenvalue weighted by atomic mass is 10.2. The third-order valence-corrected chi connectivity index (χ3v) is 7.06. The van der Waals surface area contributed by atoms with Crippen LogP contribution < -0.4 is 0 Å². The molecule has 0 spiro atoms. The number of hydrogen-bond acceptors (Lipinski definition) is 6.